The standard InChI is InChI=1S/C9H20NO/c1-3-9(10,4-2)7-5-6-8-11/h7,11H,3-6,8,10H2,1-2H3. The Hall–Kier alpha value is -0.0800. The van der Waals surface area contributed by atoms with Gasteiger partial charge in [-0.25, -0.2) is 0 Å². The Morgan fingerprint density at radius 2 is 1.91 bits per heavy atom. The molecule has 0 aliphatic heterocycles. The first-order valence-corrected chi connectivity index (χ1v) is 4.42. The second-order valence-corrected chi connectivity index (χ2v) is 3.01. The van der Waals surface area contributed by atoms with Gasteiger partial charge in [-0.1, -0.05) is 13.8 Å². The highest BCUT2D eigenvalue weighted by molar-refractivity contribution is 4.94. The summed E-state index contributed by atoms with van der Waals surface area (Å²) in [5, 5.41) is 8.55. The quantitative estimate of drug-likeness (QED) is 0.575. The van der Waals surface area contributed by atoms with Gasteiger partial charge < -0.3 is 10.8 Å². The summed E-state index contributed by atoms with van der Waals surface area (Å²) in [6.07, 6.45) is 5.85. The maximum Gasteiger partial charge on any atom is 0.0431 e. The first-order chi connectivity index (χ1) is 5.18. The fourth-order valence-corrected chi connectivity index (χ4v) is 1.02. The number of aliphatic hydroxyl groups excluding tert-OH is 1. The molecule has 0 fully saturated rings. The van der Waals surface area contributed by atoms with Crippen molar-refractivity contribution in [2.24, 2.45) is 5.73 Å². The van der Waals surface area contributed by atoms with Crippen LogP contribution in [0.2, 0.25) is 0 Å². The number of hydrogen-bond acceptors (Lipinski definition) is 2. The summed E-state index contributed by atoms with van der Waals surface area (Å²) in [7, 11) is 0. The van der Waals surface area contributed by atoms with Crippen molar-refractivity contribution < 1.29 is 5.11 Å². The van der Waals surface area contributed by atoms with Crippen molar-refractivity contribution in [1.29, 1.82) is 0 Å². The van der Waals surface area contributed by atoms with Crippen LogP contribution in [0, 0.1) is 6.42 Å². The molecule has 0 saturated heterocycles. The smallest absolute Gasteiger partial charge is 0.0431 e. The van der Waals surface area contributed by atoms with Gasteiger partial charge in [0.1, 0.15) is 0 Å². The minimum absolute atomic E-state index is 0.102. The lowest BCUT2D eigenvalue weighted by molar-refractivity contribution is 0.284. The van der Waals surface area contributed by atoms with E-state index in [0.29, 0.717) is 0 Å². The molecule has 0 aromatic heterocycles. The molecule has 0 aromatic carbocycles. The zero-order valence-electron chi connectivity index (χ0n) is 7.64. The molecule has 0 saturated carbocycles. The van der Waals surface area contributed by atoms with Crippen LogP contribution in [0.15, 0.2) is 0 Å². The van der Waals surface area contributed by atoms with E-state index in [0.717, 1.165) is 25.7 Å². The van der Waals surface area contributed by atoms with E-state index >= 15 is 0 Å². The van der Waals surface area contributed by atoms with E-state index in [1.165, 1.54) is 0 Å². The monoisotopic (exact) mass is 158 g/mol. The lowest BCUT2D eigenvalue weighted by Gasteiger charge is -2.25. The van der Waals surface area contributed by atoms with Crippen molar-refractivity contribution in [2.45, 2.75) is 45.1 Å². The third-order valence-corrected chi connectivity index (χ3v) is 2.23. The molecule has 0 unspecified atom stereocenters. The molecule has 2 nitrogen and oxygen atoms in total. The highest BCUT2D eigenvalue weighted by Crippen LogP contribution is 2.17. The van der Waals surface area contributed by atoms with Crippen LogP contribution >= 0.6 is 0 Å². The van der Waals surface area contributed by atoms with E-state index in [1.54, 1.807) is 0 Å². The SMILES string of the molecule is CCC(N)([CH]CCCO)CC. The van der Waals surface area contributed by atoms with Crippen LogP contribution in [-0.2, 0) is 0 Å². The van der Waals surface area contributed by atoms with E-state index in [-0.39, 0.29) is 12.1 Å². The number of rotatable bonds is 6. The molecular formula is C9H20NO. The second-order valence-electron chi connectivity index (χ2n) is 3.01. The van der Waals surface area contributed by atoms with Crippen LogP contribution < -0.4 is 5.73 Å². The lowest BCUT2D eigenvalue weighted by Crippen LogP contribution is -2.38. The van der Waals surface area contributed by atoms with E-state index in [4.69, 9.17) is 10.8 Å². The minimum Gasteiger partial charge on any atom is -0.396 e. The molecule has 0 rings (SSSR count). The van der Waals surface area contributed by atoms with Gasteiger partial charge in [0, 0.05) is 12.1 Å². The molecule has 0 amide bonds. The van der Waals surface area contributed by atoms with Gasteiger partial charge in [0.15, 0.2) is 0 Å². The Balaban J connectivity index is 3.51. The molecule has 0 bridgehead atoms. The van der Waals surface area contributed by atoms with Crippen LogP contribution in [0.4, 0.5) is 0 Å². The zero-order valence-corrected chi connectivity index (χ0v) is 7.64. The van der Waals surface area contributed by atoms with Gasteiger partial charge >= 0.3 is 0 Å². The maximum atomic E-state index is 8.55. The molecular weight excluding hydrogens is 138 g/mol. The molecule has 0 spiro atoms. The second kappa shape index (κ2) is 5.56. The molecule has 0 heterocycles. The van der Waals surface area contributed by atoms with E-state index in [9.17, 15) is 0 Å². The number of hydrogen-bond donors (Lipinski definition) is 2. The Bertz CT molecular complexity index is 89.6. The zero-order chi connectivity index (χ0) is 8.74. The normalized spacial score (nSPS) is 12.0. The van der Waals surface area contributed by atoms with E-state index in [1.807, 2.05) is 0 Å². The number of nitrogens with two attached hydrogens (primary N) is 1. The first-order valence-electron chi connectivity index (χ1n) is 4.42. The van der Waals surface area contributed by atoms with Crippen LogP contribution in [-0.4, -0.2) is 17.3 Å². The van der Waals surface area contributed by atoms with Gasteiger partial charge in [0.05, 0.1) is 0 Å². The Morgan fingerprint density at radius 1 is 1.36 bits per heavy atom. The van der Waals surface area contributed by atoms with Crippen molar-refractivity contribution in [3.05, 3.63) is 6.42 Å². The Morgan fingerprint density at radius 3 is 2.27 bits per heavy atom. The number of aliphatic hydroxyl groups is 1. The van der Waals surface area contributed by atoms with Crippen molar-refractivity contribution in [2.75, 3.05) is 6.61 Å². The van der Waals surface area contributed by atoms with Gasteiger partial charge in [-0.15, -0.1) is 0 Å². The van der Waals surface area contributed by atoms with Gasteiger partial charge in [-0.05, 0) is 32.1 Å². The maximum absolute atomic E-state index is 8.55. The van der Waals surface area contributed by atoms with Crippen LogP contribution in [0.25, 0.3) is 0 Å². The summed E-state index contributed by atoms with van der Waals surface area (Å²) in [4.78, 5) is 0. The minimum atomic E-state index is -0.102. The van der Waals surface area contributed by atoms with Gasteiger partial charge in [-0.3, -0.25) is 0 Å². The molecule has 1 radical (unpaired) electrons. The highest BCUT2D eigenvalue weighted by atomic mass is 16.2. The third kappa shape index (κ3) is 4.38. The molecule has 0 aromatic rings. The third-order valence-electron chi connectivity index (χ3n) is 2.23. The largest absolute Gasteiger partial charge is 0.396 e. The topological polar surface area (TPSA) is 46.2 Å². The average Bonchev–Trinajstić information content (AvgIpc) is 2.05. The van der Waals surface area contributed by atoms with Gasteiger partial charge in [0.2, 0.25) is 0 Å². The summed E-state index contributed by atoms with van der Waals surface area (Å²) < 4.78 is 0. The fraction of sp³-hybridized carbons (Fsp3) is 0.889. The fourth-order valence-electron chi connectivity index (χ4n) is 1.02. The summed E-state index contributed by atoms with van der Waals surface area (Å²) in [6.45, 7) is 4.46. The van der Waals surface area contributed by atoms with Crippen molar-refractivity contribution >= 4 is 0 Å². The molecule has 67 valence electrons. The van der Waals surface area contributed by atoms with E-state index < -0.39 is 0 Å². The van der Waals surface area contributed by atoms with Crippen LogP contribution in [0.1, 0.15) is 39.5 Å². The molecule has 3 N–H and O–H groups in total. The van der Waals surface area contributed by atoms with Crippen molar-refractivity contribution in [3.63, 3.8) is 0 Å². The predicted octanol–water partition coefficient (Wildman–Crippen LogP) is 1.48. The lowest BCUT2D eigenvalue weighted by atomic mass is 9.88. The Labute approximate surface area is 69.8 Å². The van der Waals surface area contributed by atoms with Gasteiger partial charge in [-0.2, -0.15) is 0 Å². The molecule has 11 heavy (non-hydrogen) atoms. The van der Waals surface area contributed by atoms with Crippen molar-refractivity contribution in [3.8, 4) is 0 Å². The Kier molecular flexibility index (Phi) is 5.51. The van der Waals surface area contributed by atoms with Crippen LogP contribution in [0.5, 0.6) is 0 Å². The van der Waals surface area contributed by atoms with Crippen LogP contribution in [0.3, 0.4) is 0 Å². The average molecular weight is 158 g/mol. The first kappa shape index (κ1) is 10.9. The summed E-state index contributed by atoms with van der Waals surface area (Å²) >= 11 is 0. The summed E-state index contributed by atoms with van der Waals surface area (Å²) in [5.41, 5.74) is 5.90. The molecule has 0 aliphatic carbocycles. The summed E-state index contributed by atoms with van der Waals surface area (Å²) in [6, 6.07) is 0. The van der Waals surface area contributed by atoms with Crippen molar-refractivity contribution in [1.82, 2.24) is 0 Å². The number of unbranched alkanes of at least 4 members (excludes halogenated alkanes) is 1. The molecule has 2 heteroatoms. The highest BCUT2D eigenvalue weighted by Gasteiger charge is 2.18. The predicted molar refractivity (Wildman–Crippen MR) is 48.1 cm³/mol. The molecule has 0 aliphatic rings. The van der Waals surface area contributed by atoms with Gasteiger partial charge in [0.25, 0.3) is 0 Å². The molecule has 0 atom stereocenters. The van der Waals surface area contributed by atoms with E-state index in [2.05, 4.69) is 20.3 Å². The summed E-state index contributed by atoms with van der Waals surface area (Å²) in [5.74, 6) is 0.